The summed E-state index contributed by atoms with van der Waals surface area (Å²) in [7, 11) is 1.36. The molecule has 0 aliphatic heterocycles. The Labute approximate surface area is 189 Å². The van der Waals surface area contributed by atoms with Crippen LogP contribution in [0.5, 0.6) is 0 Å². The van der Waals surface area contributed by atoms with Crippen LogP contribution in [0.1, 0.15) is 91.4 Å². The summed E-state index contributed by atoms with van der Waals surface area (Å²) in [4.78, 5) is 23.0. The first-order valence-electron chi connectivity index (χ1n) is 12.0. The molecule has 0 radical (unpaired) electrons. The van der Waals surface area contributed by atoms with E-state index in [1.165, 1.54) is 13.2 Å². The van der Waals surface area contributed by atoms with Gasteiger partial charge in [-0.15, -0.1) is 0 Å². The van der Waals surface area contributed by atoms with Crippen LogP contribution >= 0.6 is 0 Å². The number of methoxy groups -OCH3 is 1. The molecule has 0 aromatic carbocycles. The predicted octanol–water partition coefficient (Wildman–Crippen LogP) is 5.15. The number of aliphatic hydroxyl groups is 2. The molecule has 0 aromatic rings. The van der Waals surface area contributed by atoms with Crippen molar-refractivity contribution in [2.75, 3.05) is 7.11 Å². The number of unbranched alkanes of at least 4 members (excludes halogenated alkanes) is 6. The van der Waals surface area contributed by atoms with Crippen LogP contribution < -0.4 is 0 Å². The van der Waals surface area contributed by atoms with Gasteiger partial charge in [0.15, 0.2) is 0 Å². The number of esters is 1. The molecule has 5 heteroatoms. The standard InChI is InChI=1S/C26H44O5/c1-26(2,3)24(29)17-13-8-6-5-7-11-15-20-21(23(28)19-22(20)27)16-12-9-10-14-18-25(30)31-4/h11,14-15,18,20-23,27-28H,5-10,12-13,16-17,19H2,1-4H3/b15-11+,18-14?/t20-,21?,22-,23+/m1/s1. The molecule has 5 nitrogen and oxygen atoms in total. The van der Waals surface area contributed by atoms with E-state index in [0.717, 1.165) is 57.8 Å². The summed E-state index contributed by atoms with van der Waals surface area (Å²) in [5.41, 5.74) is -0.230. The topological polar surface area (TPSA) is 83.8 Å². The van der Waals surface area contributed by atoms with E-state index in [4.69, 9.17) is 0 Å². The maximum atomic E-state index is 11.9. The molecule has 0 amide bonds. The Morgan fingerprint density at radius 2 is 1.58 bits per heavy atom. The molecule has 1 rings (SSSR count). The van der Waals surface area contributed by atoms with Gasteiger partial charge in [-0.2, -0.15) is 0 Å². The molecule has 1 saturated carbocycles. The highest BCUT2D eigenvalue weighted by molar-refractivity contribution is 5.83. The normalized spacial score (nSPS) is 24.3. The van der Waals surface area contributed by atoms with Crippen LogP contribution in [0, 0.1) is 17.3 Å². The number of hydrogen-bond acceptors (Lipinski definition) is 5. The van der Waals surface area contributed by atoms with Gasteiger partial charge < -0.3 is 14.9 Å². The summed E-state index contributed by atoms with van der Waals surface area (Å²) >= 11 is 0. The molecule has 4 atom stereocenters. The Kier molecular flexibility index (Phi) is 13.0. The zero-order chi connectivity index (χ0) is 23.3. The van der Waals surface area contributed by atoms with Crippen molar-refractivity contribution in [3.8, 4) is 0 Å². The molecule has 1 aliphatic rings. The van der Waals surface area contributed by atoms with Gasteiger partial charge in [-0.05, 0) is 44.4 Å². The van der Waals surface area contributed by atoms with Crippen molar-refractivity contribution in [3.63, 3.8) is 0 Å². The van der Waals surface area contributed by atoms with E-state index in [1.54, 1.807) is 0 Å². The third kappa shape index (κ3) is 11.1. The Morgan fingerprint density at radius 1 is 0.935 bits per heavy atom. The molecule has 0 spiro atoms. The molecule has 0 bridgehead atoms. The van der Waals surface area contributed by atoms with Gasteiger partial charge in [-0.1, -0.05) is 58.3 Å². The molecule has 0 aromatic heterocycles. The lowest BCUT2D eigenvalue weighted by atomic mass is 9.87. The molecule has 178 valence electrons. The molecule has 1 unspecified atom stereocenters. The van der Waals surface area contributed by atoms with Crippen molar-refractivity contribution < 1.29 is 24.5 Å². The number of aliphatic hydroxyl groups excluding tert-OH is 2. The molecular weight excluding hydrogens is 392 g/mol. The highest BCUT2D eigenvalue weighted by Gasteiger charge is 2.39. The van der Waals surface area contributed by atoms with E-state index in [1.807, 2.05) is 26.8 Å². The smallest absolute Gasteiger partial charge is 0.330 e. The second-order valence-electron chi connectivity index (χ2n) is 9.88. The highest BCUT2D eigenvalue weighted by Crippen LogP contribution is 2.37. The van der Waals surface area contributed by atoms with Gasteiger partial charge in [0, 0.05) is 30.3 Å². The van der Waals surface area contributed by atoms with Crippen molar-refractivity contribution in [1.82, 2.24) is 0 Å². The fourth-order valence-electron chi connectivity index (χ4n) is 4.20. The zero-order valence-corrected chi connectivity index (χ0v) is 20.0. The number of Topliss-reactive ketones (excluding diaryl/α,β-unsaturated/α-hetero) is 1. The summed E-state index contributed by atoms with van der Waals surface area (Å²) in [6.07, 6.45) is 16.5. The van der Waals surface area contributed by atoms with Gasteiger partial charge in [0.25, 0.3) is 0 Å². The molecule has 1 aliphatic carbocycles. The average molecular weight is 437 g/mol. The van der Waals surface area contributed by atoms with Gasteiger partial charge in [0.2, 0.25) is 0 Å². The lowest BCUT2D eigenvalue weighted by Crippen LogP contribution is -2.20. The number of carbonyl (C=O) groups excluding carboxylic acids is 2. The van der Waals surface area contributed by atoms with Crippen molar-refractivity contribution in [3.05, 3.63) is 24.3 Å². The summed E-state index contributed by atoms with van der Waals surface area (Å²) in [5.74, 6) is 0.119. The van der Waals surface area contributed by atoms with Crippen molar-refractivity contribution in [2.45, 2.75) is 104 Å². The summed E-state index contributed by atoms with van der Waals surface area (Å²) in [6, 6.07) is 0. The number of carbonyl (C=O) groups is 2. The van der Waals surface area contributed by atoms with Crippen LogP contribution in [-0.4, -0.2) is 41.3 Å². The number of allylic oxidation sites excluding steroid dienone is 2. The second-order valence-corrected chi connectivity index (χ2v) is 9.88. The summed E-state index contributed by atoms with van der Waals surface area (Å²) in [6.45, 7) is 5.93. The number of hydrogen-bond donors (Lipinski definition) is 2. The van der Waals surface area contributed by atoms with E-state index in [0.29, 0.717) is 18.6 Å². The molecule has 1 fully saturated rings. The largest absolute Gasteiger partial charge is 0.466 e. The van der Waals surface area contributed by atoms with Crippen LogP contribution in [0.15, 0.2) is 24.3 Å². The van der Waals surface area contributed by atoms with E-state index >= 15 is 0 Å². The Hall–Kier alpha value is -1.46. The SMILES string of the molecule is COC(=O)C=CCCCCC1[C@@H](/C=C/CCCCCCC(=O)C(C)(C)C)[C@H](O)C[C@@H]1O. The third-order valence-electron chi connectivity index (χ3n) is 6.25. The Morgan fingerprint density at radius 3 is 2.26 bits per heavy atom. The average Bonchev–Trinajstić information content (AvgIpc) is 2.97. The minimum absolute atomic E-state index is 0.0185. The van der Waals surface area contributed by atoms with Crippen molar-refractivity contribution >= 4 is 11.8 Å². The maximum Gasteiger partial charge on any atom is 0.330 e. The van der Waals surface area contributed by atoms with Gasteiger partial charge in [0.05, 0.1) is 19.3 Å². The van der Waals surface area contributed by atoms with Gasteiger partial charge in [-0.3, -0.25) is 4.79 Å². The minimum atomic E-state index is -0.473. The summed E-state index contributed by atoms with van der Waals surface area (Å²) in [5, 5.41) is 20.7. The van der Waals surface area contributed by atoms with Gasteiger partial charge in [-0.25, -0.2) is 4.79 Å². The van der Waals surface area contributed by atoms with E-state index in [9.17, 15) is 19.8 Å². The van der Waals surface area contributed by atoms with Crippen LogP contribution in [0.4, 0.5) is 0 Å². The zero-order valence-electron chi connectivity index (χ0n) is 20.0. The Balaban J connectivity index is 2.26. The number of ether oxygens (including phenoxy) is 1. The molecular formula is C26H44O5. The first-order valence-corrected chi connectivity index (χ1v) is 12.0. The third-order valence-corrected chi connectivity index (χ3v) is 6.25. The van der Waals surface area contributed by atoms with Crippen molar-refractivity contribution in [1.29, 1.82) is 0 Å². The van der Waals surface area contributed by atoms with E-state index < -0.39 is 12.2 Å². The molecule has 2 N–H and O–H groups in total. The fraction of sp³-hybridized carbons (Fsp3) is 0.769. The maximum absolute atomic E-state index is 11.9. The van der Waals surface area contributed by atoms with Crippen LogP contribution in [0.3, 0.4) is 0 Å². The van der Waals surface area contributed by atoms with Crippen LogP contribution in [0.2, 0.25) is 0 Å². The molecule has 31 heavy (non-hydrogen) atoms. The van der Waals surface area contributed by atoms with Crippen LogP contribution in [0.25, 0.3) is 0 Å². The first kappa shape index (κ1) is 27.6. The molecule has 0 saturated heterocycles. The van der Waals surface area contributed by atoms with E-state index in [-0.39, 0.29) is 23.2 Å². The Bertz CT molecular complexity index is 587. The van der Waals surface area contributed by atoms with Crippen LogP contribution in [-0.2, 0) is 14.3 Å². The highest BCUT2D eigenvalue weighted by atomic mass is 16.5. The predicted molar refractivity (Wildman–Crippen MR) is 125 cm³/mol. The summed E-state index contributed by atoms with van der Waals surface area (Å²) < 4.78 is 4.57. The lowest BCUT2D eigenvalue weighted by Gasteiger charge is -2.20. The monoisotopic (exact) mass is 436 g/mol. The van der Waals surface area contributed by atoms with E-state index in [2.05, 4.69) is 16.9 Å². The quantitative estimate of drug-likeness (QED) is 0.170. The van der Waals surface area contributed by atoms with Gasteiger partial charge >= 0.3 is 5.97 Å². The molecule has 0 heterocycles. The first-order chi connectivity index (χ1) is 14.7. The second kappa shape index (κ2) is 14.6. The van der Waals surface area contributed by atoms with Gasteiger partial charge in [0.1, 0.15) is 5.78 Å². The lowest BCUT2D eigenvalue weighted by molar-refractivity contribution is -0.134. The minimum Gasteiger partial charge on any atom is -0.466 e. The number of ketones is 1. The number of rotatable bonds is 14. The van der Waals surface area contributed by atoms with Crippen molar-refractivity contribution in [2.24, 2.45) is 17.3 Å². The fourth-order valence-corrected chi connectivity index (χ4v) is 4.20.